The lowest BCUT2D eigenvalue weighted by Crippen LogP contribution is -2.37. The van der Waals surface area contributed by atoms with E-state index in [-0.39, 0.29) is 0 Å². The first-order valence-electron chi connectivity index (χ1n) is 7.51. The summed E-state index contributed by atoms with van der Waals surface area (Å²) in [5, 5.41) is 5.58. The summed E-state index contributed by atoms with van der Waals surface area (Å²) in [6.45, 7) is 5.85. The number of morpholine rings is 1. The van der Waals surface area contributed by atoms with E-state index >= 15 is 0 Å². The molecule has 112 valence electrons. The van der Waals surface area contributed by atoms with Crippen LogP contribution in [0.3, 0.4) is 0 Å². The predicted octanol–water partition coefficient (Wildman–Crippen LogP) is 1.95. The van der Waals surface area contributed by atoms with Crippen molar-refractivity contribution in [3.8, 4) is 0 Å². The Morgan fingerprint density at radius 3 is 2.95 bits per heavy atom. The van der Waals surface area contributed by atoms with Gasteiger partial charge in [-0.05, 0) is 25.1 Å². The van der Waals surface area contributed by atoms with Gasteiger partial charge in [0.25, 0.3) is 0 Å². The van der Waals surface area contributed by atoms with Gasteiger partial charge in [0.2, 0.25) is 0 Å². The third kappa shape index (κ3) is 3.43. The van der Waals surface area contributed by atoms with Gasteiger partial charge in [-0.2, -0.15) is 0 Å². The number of anilines is 2. The molecule has 0 atom stereocenters. The molecular formula is C16H22N4O. The Bertz CT molecular complexity index is 596. The number of benzene rings is 1. The molecule has 3 N–H and O–H groups in total. The van der Waals surface area contributed by atoms with Crippen LogP contribution in [-0.2, 0) is 4.74 Å². The van der Waals surface area contributed by atoms with Crippen LogP contribution < -0.4 is 11.1 Å². The van der Waals surface area contributed by atoms with Gasteiger partial charge in [-0.1, -0.05) is 6.07 Å². The molecule has 1 aromatic carbocycles. The normalized spacial score (nSPS) is 16.2. The molecule has 0 amide bonds. The Morgan fingerprint density at radius 1 is 1.24 bits per heavy atom. The summed E-state index contributed by atoms with van der Waals surface area (Å²) in [4.78, 5) is 6.56. The van der Waals surface area contributed by atoms with Gasteiger partial charge in [-0.25, -0.2) is 0 Å². The molecule has 1 aromatic heterocycles. The van der Waals surface area contributed by atoms with Crippen LogP contribution >= 0.6 is 0 Å². The number of rotatable bonds is 5. The molecule has 1 saturated heterocycles. The maximum absolute atomic E-state index is 6.23. The number of hydrogen-bond acceptors (Lipinski definition) is 5. The molecule has 0 saturated carbocycles. The van der Waals surface area contributed by atoms with Gasteiger partial charge in [0.1, 0.15) is 0 Å². The first kappa shape index (κ1) is 14.1. The average Bonchev–Trinajstić information content (AvgIpc) is 2.55. The fourth-order valence-corrected chi connectivity index (χ4v) is 2.70. The van der Waals surface area contributed by atoms with E-state index in [2.05, 4.69) is 21.3 Å². The summed E-state index contributed by atoms with van der Waals surface area (Å²) in [7, 11) is 0. The second-order valence-corrected chi connectivity index (χ2v) is 5.36. The lowest BCUT2D eigenvalue weighted by molar-refractivity contribution is 0.0378. The predicted molar refractivity (Wildman–Crippen MR) is 86.5 cm³/mol. The minimum atomic E-state index is 0.807. The summed E-state index contributed by atoms with van der Waals surface area (Å²) >= 11 is 0. The number of ether oxygens (including phenoxy) is 1. The minimum absolute atomic E-state index is 0.807. The number of nitrogens with zero attached hydrogens (tertiary/aromatic N) is 2. The molecule has 0 spiro atoms. The highest BCUT2D eigenvalue weighted by Gasteiger charge is 2.09. The van der Waals surface area contributed by atoms with E-state index in [1.807, 2.05) is 18.3 Å². The van der Waals surface area contributed by atoms with Crippen molar-refractivity contribution in [2.24, 2.45) is 0 Å². The molecule has 2 aromatic rings. The van der Waals surface area contributed by atoms with Crippen molar-refractivity contribution >= 4 is 22.1 Å². The Balaban J connectivity index is 1.54. The zero-order valence-corrected chi connectivity index (χ0v) is 12.2. The van der Waals surface area contributed by atoms with E-state index < -0.39 is 0 Å². The van der Waals surface area contributed by atoms with Crippen LogP contribution in [0, 0.1) is 0 Å². The van der Waals surface area contributed by atoms with E-state index in [0.29, 0.717) is 0 Å². The van der Waals surface area contributed by atoms with Crippen LogP contribution in [-0.4, -0.2) is 49.3 Å². The van der Waals surface area contributed by atoms with Crippen molar-refractivity contribution in [1.82, 2.24) is 9.88 Å². The van der Waals surface area contributed by atoms with Crippen LogP contribution in [0.15, 0.2) is 30.6 Å². The Kier molecular flexibility index (Phi) is 4.52. The van der Waals surface area contributed by atoms with E-state index in [4.69, 9.17) is 10.5 Å². The number of nitrogen functional groups attached to an aromatic ring is 1. The number of hydrogen-bond donors (Lipinski definition) is 2. The molecule has 0 aliphatic carbocycles. The Labute approximate surface area is 125 Å². The van der Waals surface area contributed by atoms with Crippen molar-refractivity contribution in [2.75, 3.05) is 50.4 Å². The SMILES string of the molecule is Nc1c(NCCCN2CCOCC2)ccc2cnccc12. The fraction of sp³-hybridized carbons (Fsp3) is 0.438. The average molecular weight is 286 g/mol. The van der Waals surface area contributed by atoms with E-state index in [1.165, 1.54) is 0 Å². The van der Waals surface area contributed by atoms with Gasteiger partial charge in [-0.3, -0.25) is 9.88 Å². The highest BCUT2D eigenvalue weighted by Crippen LogP contribution is 2.27. The molecule has 2 heterocycles. The van der Waals surface area contributed by atoms with Gasteiger partial charge in [-0.15, -0.1) is 0 Å². The number of nitrogens with one attached hydrogen (secondary N) is 1. The fourth-order valence-electron chi connectivity index (χ4n) is 2.70. The van der Waals surface area contributed by atoms with Crippen LogP contribution in [0.4, 0.5) is 11.4 Å². The summed E-state index contributed by atoms with van der Waals surface area (Å²) < 4.78 is 5.35. The van der Waals surface area contributed by atoms with Crippen LogP contribution in [0.5, 0.6) is 0 Å². The summed E-state index contributed by atoms with van der Waals surface area (Å²) in [5.74, 6) is 0. The van der Waals surface area contributed by atoms with Crippen LogP contribution in [0.25, 0.3) is 10.8 Å². The highest BCUT2D eigenvalue weighted by atomic mass is 16.5. The molecule has 1 aliphatic heterocycles. The van der Waals surface area contributed by atoms with Gasteiger partial charge < -0.3 is 15.8 Å². The van der Waals surface area contributed by atoms with Gasteiger partial charge in [0.05, 0.1) is 24.6 Å². The second-order valence-electron chi connectivity index (χ2n) is 5.36. The number of pyridine rings is 1. The van der Waals surface area contributed by atoms with Crippen LogP contribution in [0.1, 0.15) is 6.42 Å². The summed E-state index contributed by atoms with van der Waals surface area (Å²) in [5.41, 5.74) is 8.04. The zero-order valence-electron chi connectivity index (χ0n) is 12.2. The van der Waals surface area contributed by atoms with Crippen molar-refractivity contribution in [2.45, 2.75) is 6.42 Å². The maximum Gasteiger partial charge on any atom is 0.0630 e. The standard InChI is InChI=1S/C16H22N4O/c17-16-14-4-6-18-12-13(14)2-3-15(16)19-5-1-7-20-8-10-21-11-9-20/h2-4,6,12,19H,1,5,7-11,17H2. The molecule has 0 unspecified atom stereocenters. The van der Waals surface area contributed by atoms with Crippen molar-refractivity contribution in [3.63, 3.8) is 0 Å². The van der Waals surface area contributed by atoms with Gasteiger partial charge in [0, 0.05) is 42.8 Å². The number of fused-ring (bicyclic) bond motifs is 1. The third-order valence-corrected chi connectivity index (χ3v) is 3.93. The second kappa shape index (κ2) is 6.74. The molecule has 5 heteroatoms. The first-order chi connectivity index (χ1) is 10.3. The molecule has 0 radical (unpaired) electrons. The maximum atomic E-state index is 6.23. The molecule has 0 bridgehead atoms. The molecule has 3 rings (SSSR count). The quantitative estimate of drug-likeness (QED) is 0.650. The summed E-state index contributed by atoms with van der Waals surface area (Å²) in [6, 6.07) is 6.06. The summed E-state index contributed by atoms with van der Waals surface area (Å²) in [6.07, 6.45) is 4.72. The van der Waals surface area contributed by atoms with E-state index in [1.54, 1.807) is 6.20 Å². The van der Waals surface area contributed by atoms with Crippen molar-refractivity contribution in [1.29, 1.82) is 0 Å². The lowest BCUT2D eigenvalue weighted by atomic mass is 10.1. The van der Waals surface area contributed by atoms with Crippen molar-refractivity contribution < 1.29 is 4.74 Å². The van der Waals surface area contributed by atoms with Gasteiger partial charge >= 0.3 is 0 Å². The minimum Gasteiger partial charge on any atom is -0.397 e. The Morgan fingerprint density at radius 2 is 2.10 bits per heavy atom. The van der Waals surface area contributed by atoms with Crippen molar-refractivity contribution in [3.05, 3.63) is 30.6 Å². The Hall–Kier alpha value is -1.85. The highest BCUT2D eigenvalue weighted by molar-refractivity contribution is 5.98. The lowest BCUT2D eigenvalue weighted by Gasteiger charge is -2.26. The molecule has 5 nitrogen and oxygen atoms in total. The largest absolute Gasteiger partial charge is 0.397 e. The van der Waals surface area contributed by atoms with Gasteiger partial charge in [0.15, 0.2) is 0 Å². The number of aromatic nitrogens is 1. The molecule has 1 aliphatic rings. The third-order valence-electron chi connectivity index (χ3n) is 3.93. The number of nitrogens with two attached hydrogens (primary N) is 1. The molecule has 1 fully saturated rings. The molecule has 21 heavy (non-hydrogen) atoms. The molecular weight excluding hydrogens is 264 g/mol. The van der Waals surface area contributed by atoms with E-state index in [9.17, 15) is 0 Å². The monoisotopic (exact) mass is 286 g/mol. The van der Waals surface area contributed by atoms with Crippen LogP contribution in [0.2, 0.25) is 0 Å². The zero-order chi connectivity index (χ0) is 14.5. The smallest absolute Gasteiger partial charge is 0.0630 e. The first-order valence-corrected chi connectivity index (χ1v) is 7.51. The topological polar surface area (TPSA) is 63.4 Å². The van der Waals surface area contributed by atoms with E-state index in [0.717, 1.165) is 68.0 Å².